The lowest BCUT2D eigenvalue weighted by atomic mass is 10.3. The minimum Gasteiger partial charge on any atom is -0.366 e. The quantitative estimate of drug-likeness (QED) is 0.192. The maximum atomic E-state index is 12.4. The van der Waals surface area contributed by atoms with Crippen molar-refractivity contribution in [3.05, 3.63) is 45.6 Å². The van der Waals surface area contributed by atoms with Crippen molar-refractivity contribution in [1.29, 1.82) is 0 Å². The Kier molecular flexibility index (Phi) is 7.78. The summed E-state index contributed by atoms with van der Waals surface area (Å²) in [5.74, 6) is 0.322. The summed E-state index contributed by atoms with van der Waals surface area (Å²) in [6.45, 7) is 0. The van der Waals surface area contributed by atoms with Crippen LogP contribution in [0.25, 0.3) is 11.3 Å². The first-order chi connectivity index (χ1) is 18.2. The molecule has 0 unspecified atom stereocenters. The molecule has 0 atom stereocenters. The van der Waals surface area contributed by atoms with Gasteiger partial charge in [0.15, 0.2) is 11.3 Å². The smallest absolute Gasteiger partial charge is 0.259 e. The van der Waals surface area contributed by atoms with Crippen molar-refractivity contribution in [2.75, 3.05) is 10.6 Å². The highest BCUT2D eigenvalue weighted by Gasteiger charge is 2.43. The molecule has 2 N–H and O–H groups in total. The molecule has 14 heteroatoms. The Morgan fingerprint density at radius 1 is 0.789 bits per heavy atom. The van der Waals surface area contributed by atoms with Crippen molar-refractivity contribution in [2.45, 2.75) is 38.5 Å². The molecule has 4 heterocycles. The molecule has 4 aromatic rings. The number of pyridine rings is 2. The zero-order valence-electron chi connectivity index (χ0n) is 20.0. The largest absolute Gasteiger partial charge is 0.366 e. The van der Waals surface area contributed by atoms with Crippen molar-refractivity contribution >= 4 is 83.7 Å². The summed E-state index contributed by atoms with van der Waals surface area (Å²) in [6.07, 6.45) is 5.44. The first-order valence-corrected chi connectivity index (χ1v) is 14.0. The van der Waals surface area contributed by atoms with E-state index in [1.54, 1.807) is 15.1 Å². The van der Waals surface area contributed by atoms with Crippen molar-refractivity contribution in [2.24, 2.45) is 17.8 Å². The van der Waals surface area contributed by atoms with Gasteiger partial charge in [0.05, 0.1) is 0 Å². The van der Waals surface area contributed by atoms with Gasteiger partial charge in [0.2, 0.25) is 23.0 Å². The highest BCUT2D eigenvalue weighted by atomic mass is 79.9. The predicted octanol–water partition coefficient (Wildman–Crippen LogP) is 4.41. The van der Waals surface area contributed by atoms with E-state index < -0.39 is 0 Å². The first kappa shape index (κ1) is 26.7. The molecular formula is C24H23Br2ClN8O3. The minimum absolute atomic E-state index is 0.0391. The SMILES string of the molecule is Nc1nc2cccc(Br)n2n1.O=C(C1CC1)N(C(=O)C1CC1)c1nc2cccc(Br)n2n1.O=C(Cl)C1CC1. The maximum Gasteiger partial charge on any atom is 0.259 e. The molecule has 0 bridgehead atoms. The topological polar surface area (TPSA) is 141 Å². The molecule has 2 amide bonds. The molecule has 0 spiro atoms. The number of fused-ring (bicyclic) bond motifs is 2. The zero-order chi connectivity index (χ0) is 27.0. The van der Waals surface area contributed by atoms with E-state index >= 15 is 0 Å². The monoisotopic (exact) mass is 664 g/mol. The van der Waals surface area contributed by atoms with E-state index in [0.717, 1.165) is 53.4 Å². The van der Waals surface area contributed by atoms with Crippen molar-refractivity contribution in [3.63, 3.8) is 0 Å². The van der Waals surface area contributed by atoms with Crippen molar-refractivity contribution in [3.8, 4) is 0 Å². The van der Waals surface area contributed by atoms with Gasteiger partial charge in [-0.15, -0.1) is 10.2 Å². The Bertz CT molecular complexity index is 1500. The van der Waals surface area contributed by atoms with E-state index in [2.05, 4.69) is 52.0 Å². The lowest BCUT2D eigenvalue weighted by molar-refractivity contribution is -0.128. The third kappa shape index (κ3) is 6.21. The number of rotatable bonds is 4. The molecule has 3 saturated carbocycles. The lowest BCUT2D eigenvalue weighted by Gasteiger charge is -2.16. The first-order valence-electron chi connectivity index (χ1n) is 12.1. The number of nitrogens with zero attached hydrogens (tertiary/aromatic N) is 7. The number of halogens is 3. The summed E-state index contributed by atoms with van der Waals surface area (Å²) >= 11 is 11.7. The summed E-state index contributed by atoms with van der Waals surface area (Å²) in [6, 6.07) is 11.1. The number of imide groups is 1. The lowest BCUT2D eigenvalue weighted by Crippen LogP contribution is -2.40. The van der Waals surface area contributed by atoms with Gasteiger partial charge in [-0.25, -0.2) is 13.9 Å². The number of hydrogen-bond acceptors (Lipinski definition) is 8. The van der Waals surface area contributed by atoms with Crippen LogP contribution in [0.2, 0.25) is 0 Å². The Hall–Kier alpha value is -2.90. The molecule has 3 fully saturated rings. The van der Waals surface area contributed by atoms with Gasteiger partial charge in [0.25, 0.3) is 5.95 Å². The number of carbonyl (C=O) groups excluding carboxylic acids is 3. The van der Waals surface area contributed by atoms with Gasteiger partial charge in [-0.2, -0.15) is 9.97 Å². The second-order valence-corrected chi connectivity index (χ2v) is 11.3. The number of amides is 2. The Morgan fingerprint density at radius 2 is 1.26 bits per heavy atom. The highest BCUT2D eigenvalue weighted by molar-refractivity contribution is 9.10. The van der Waals surface area contributed by atoms with E-state index in [0.29, 0.717) is 5.65 Å². The van der Waals surface area contributed by atoms with Crippen LogP contribution in [-0.2, 0) is 14.4 Å². The molecule has 0 saturated heterocycles. The number of anilines is 2. The fourth-order valence-electron chi connectivity index (χ4n) is 3.49. The van der Waals surface area contributed by atoms with Crippen molar-refractivity contribution in [1.82, 2.24) is 29.2 Å². The van der Waals surface area contributed by atoms with E-state index in [1.165, 1.54) is 4.90 Å². The van der Waals surface area contributed by atoms with Crippen LogP contribution in [0.5, 0.6) is 0 Å². The molecule has 11 nitrogen and oxygen atoms in total. The number of carbonyl (C=O) groups is 3. The van der Waals surface area contributed by atoms with Gasteiger partial charge in [0.1, 0.15) is 9.21 Å². The predicted molar refractivity (Wildman–Crippen MR) is 147 cm³/mol. The highest BCUT2D eigenvalue weighted by Crippen LogP contribution is 2.37. The molecule has 198 valence electrons. The second-order valence-electron chi connectivity index (χ2n) is 9.26. The second kappa shape index (κ2) is 11.1. The summed E-state index contributed by atoms with van der Waals surface area (Å²) < 4.78 is 4.80. The van der Waals surface area contributed by atoms with Crippen LogP contribution in [0.15, 0.2) is 45.6 Å². The Labute approximate surface area is 239 Å². The van der Waals surface area contributed by atoms with Crippen LogP contribution < -0.4 is 10.6 Å². The Morgan fingerprint density at radius 3 is 1.66 bits per heavy atom. The van der Waals surface area contributed by atoms with Gasteiger partial charge in [-0.3, -0.25) is 14.4 Å². The molecular weight excluding hydrogens is 644 g/mol. The number of aromatic nitrogens is 6. The van der Waals surface area contributed by atoms with Gasteiger partial charge in [-0.05, 0) is 106 Å². The van der Waals surface area contributed by atoms with E-state index in [4.69, 9.17) is 17.3 Å². The molecule has 0 aromatic carbocycles. The van der Waals surface area contributed by atoms with Crippen LogP contribution in [0, 0.1) is 17.8 Å². The van der Waals surface area contributed by atoms with Crippen LogP contribution in [-0.4, -0.2) is 46.3 Å². The molecule has 3 aliphatic carbocycles. The number of nitrogen functional groups attached to an aromatic ring is 1. The molecule has 0 radical (unpaired) electrons. The third-order valence-corrected chi connectivity index (χ3v) is 7.53. The van der Waals surface area contributed by atoms with Crippen LogP contribution in [0.4, 0.5) is 11.9 Å². The van der Waals surface area contributed by atoms with E-state index in [9.17, 15) is 14.4 Å². The summed E-state index contributed by atoms with van der Waals surface area (Å²) in [5.41, 5.74) is 6.75. The zero-order valence-corrected chi connectivity index (χ0v) is 23.9. The van der Waals surface area contributed by atoms with Crippen LogP contribution >= 0.6 is 43.5 Å². The van der Waals surface area contributed by atoms with Gasteiger partial charge < -0.3 is 5.73 Å². The summed E-state index contributed by atoms with van der Waals surface area (Å²) in [5, 5.41) is 8.11. The minimum atomic E-state index is -0.157. The standard InChI is InChI=1S/C14H13BrN4O2.C6H5BrN4.C4H5ClO/c15-10-2-1-3-11-16-14(17-19(10)11)18(12(20)8-4-5-8)13(21)9-6-7-9;7-4-2-1-3-5-9-6(8)10-11(4)5;5-4(6)3-1-2-3/h1-3,8-9H,4-7H2;1-3H,(H2,8,10);3H,1-2H2. The van der Waals surface area contributed by atoms with Gasteiger partial charge in [0, 0.05) is 17.8 Å². The molecule has 4 aromatic heterocycles. The number of nitrogens with two attached hydrogens (primary N) is 1. The molecule has 0 aliphatic heterocycles. The van der Waals surface area contributed by atoms with Gasteiger partial charge >= 0.3 is 0 Å². The average molecular weight is 667 g/mol. The fraction of sp³-hybridized carbons (Fsp3) is 0.375. The molecule has 3 aliphatic rings. The normalized spacial score (nSPS) is 16.3. The fourth-order valence-corrected chi connectivity index (χ4v) is 4.53. The van der Waals surface area contributed by atoms with E-state index in [1.807, 2.05) is 30.3 Å². The van der Waals surface area contributed by atoms with E-state index in [-0.39, 0.29) is 46.7 Å². The van der Waals surface area contributed by atoms with Crippen molar-refractivity contribution < 1.29 is 14.4 Å². The molecule has 7 rings (SSSR count). The Balaban J connectivity index is 0.000000143. The van der Waals surface area contributed by atoms with Crippen LogP contribution in [0.3, 0.4) is 0 Å². The van der Waals surface area contributed by atoms with Gasteiger partial charge in [-0.1, -0.05) is 12.1 Å². The number of hydrogen-bond donors (Lipinski definition) is 1. The maximum absolute atomic E-state index is 12.4. The molecule has 38 heavy (non-hydrogen) atoms. The average Bonchev–Trinajstić information content (AvgIpc) is 3.75. The van der Waals surface area contributed by atoms with Crippen LogP contribution in [0.1, 0.15) is 38.5 Å². The summed E-state index contributed by atoms with van der Waals surface area (Å²) in [4.78, 5) is 44.4. The summed E-state index contributed by atoms with van der Waals surface area (Å²) in [7, 11) is 0. The third-order valence-electron chi connectivity index (χ3n) is 6.02.